The number of nitrogens with one attached hydrogen (secondary N) is 1. The largest absolute Gasteiger partial charge is 0.352 e. The first-order valence-electron chi connectivity index (χ1n) is 8.01. The summed E-state index contributed by atoms with van der Waals surface area (Å²) in [5.74, 6) is -0.143. The summed E-state index contributed by atoms with van der Waals surface area (Å²) in [6, 6.07) is 0.205. The summed E-state index contributed by atoms with van der Waals surface area (Å²) in [6.45, 7) is 0.00797. The van der Waals surface area contributed by atoms with Gasteiger partial charge in [0.25, 0.3) is 5.56 Å². The van der Waals surface area contributed by atoms with Gasteiger partial charge in [-0.25, -0.2) is 9.78 Å². The fourth-order valence-electron chi connectivity index (χ4n) is 3.27. The molecule has 0 aliphatic heterocycles. The minimum Gasteiger partial charge on any atom is -0.352 e. The average Bonchev–Trinajstić information content (AvgIpc) is 2.88. The first-order chi connectivity index (χ1) is 11.4. The maximum absolute atomic E-state index is 12.4. The van der Waals surface area contributed by atoms with E-state index in [0.29, 0.717) is 10.4 Å². The number of hydrogen-bond donors (Lipinski definition) is 1. The van der Waals surface area contributed by atoms with Gasteiger partial charge in [-0.1, -0.05) is 19.3 Å². The lowest BCUT2D eigenvalue weighted by molar-refractivity contribution is -0.122. The first kappa shape index (κ1) is 16.9. The van der Waals surface area contributed by atoms with Crippen molar-refractivity contribution in [3.8, 4) is 0 Å². The van der Waals surface area contributed by atoms with Gasteiger partial charge in [-0.15, -0.1) is 0 Å². The molecule has 1 N–H and O–H groups in total. The second-order valence-electron chi connectivity index (χ2n) is 6.25. The van der Waals surface area contributed by atoms with Gasteiger partial charge in [0.05, 0.1) is 0 Å². The standard InChI is InChI=1S/C15H20BrN5O3/c1-19-12-11(13(23)20(2)15(19)24)18-14(16)21(12)8-10(22)17-9-6-4-3-5-7-9/h9H,3-8H2,1-2H3,(H,17,22). The summed E-state index contributed by atoms with van der Waals surface area (Å²) in [5, 5.41) is 3.03. The number of amides is 1. The molecule has 130 valence electrons. The lowest BCUT2D eigenvalue weighted by Gasteiger charge is -2.23. The van der Waals surface area contributed by atoms with Crippen molar-refractivity contribution < 1.29 is 4.79 Å². The van der Waals surface area contributed by atoms with Gasteiger partial charge in [0.15, 0.2) is 15.9 Å². The highest BCUT2D eigenvalue weighted by molar-refractivity contribution is 9.10. The minimum absolute atomic E-state index is 0.00797. The van der Waals surface area contributed by atoms with E-state index in [4.69, 9.17) is 0 Å². The fourth-order valence-corrected chi connectivity index (χ4v) is 3.74. The zero-order chi connectivity index (χ0) is 17.4. The number of carbonyl (C=O) groups is 1. The van der Waals surface area contributed by atoms with Crippen LogP contribution in [-0.2, 0) is 25.4 Å². The highest BCUT2D eigenvalue weighted by Gasteiger charge is 2.21. The van der Waals surface area contributed by atoms with Crippen molar-refractivity contribution in [2.75, 3.05) is 0 Å². The van der Waals surface area contributed by atoms with E-state index in [9.17, 15) is 14.4 Å². The van der Waals surface area contributed by atoms with Gasteiger partial charge in [-0.3, -0.25) is 23.3 Å². The normalized spacial score (nSPS) is 15.8. The molecule has 0 saturated heterocycles. The Kier molecular flexibility index (Phi) is 4.62. The van der Waals surface area contributed by atoms with Gasteiger partial charge < -0.3 is 5.32 Å². The van der Waals surface area contributed by atoms with Crippen molar-refractivity contribution in [1.82, 2.24) is 24.0 Å². The van der Waals surface area contributed by atoms with Gasteiger partial charge in [-0.2, -0.15) is 0 Å². The molecule has 2 aromatic heterocycles. The molecule has 0 spiro atoms. The number of aryl methyl sites for hydroxylation is 1. The Balaban J connectivity index is 1.95. The zero-order valence-corrected chi connectivity index (χ0v) is 15.3. The molecule has 24 heavy (non-hydrogen) atoms. The SMILES string of the molecule is Cn1c(=O)c2nc(Br)n(CC(=O)NC3CCCCC3)c2n(C)c1=O. The molecule has 0 atom stereocenters. The van der Waals surface area contributed by atoms with E-state index < -0.39 is 11.2 Å². The highest BCUT2D eigenvalue weighted by atomic mass is 79.9. The van der Waals surface area contributed by atoms with E-state index in [1.165, 1.54) is 18.0 Å². The number of fused-ring (bicyclic) bond motifs is 1. The Morgan fingerprint density at radius 3 is 2.54 bits per heavy atom. The second kappa shape index (κ2) is 6.54. The van der Waals surface area contributed by atoms with Crippen molar-refractivity contribution >= 4 is 33.0 Å². The van der Waals surface area contributed by atoms with E-state index in [0.717, 1.165) is 30.3 Å². The Labute approximate surface area is 146 Å². The smallest absolute Gasteiger partial charge is 0.332 e. The molecule has 9 heteroatoms. The number of nitrogens with zero attached hydrogens (tertiary/aromatic N) is 4. The Morgan fingerprint density at radius 2 is 1.88 bits per heavy atom. The average molecular weight is 398 g/mol. The van der Waals surface area contributed by atoms with Gasteiger partial charge >= 0.3 is 5.69 Å². The predicted molar refractivity (Wildman–Crippen MR) is 92.9 cm³/mol. The van der Waals surface area contributed by atoms with Crippen LogP contribution in [0.15, 0.2) is 14.3 Å². The lowest BCUT2D eigenvalue weighted by atomic mass is 9.95. The molecular formula is C15H20BrN5O3. The van der Waals surface area contributed by atoms with Crippen LogP contribution in [0.2, 0.25) is 0 Å². The van der Waals surface area contributed by atoms with Crippen LogP contribution in [0.3, 0.4) is 0 Å². The molecule has 8 nitrogen and oxygen atoms in total. The van der Waals surface area contributed by atoms with E-state index in [1.54, 1.807) is 11.6 Å². The van der Waals surface area contributed by atoms with E-state index in [2.05, 4.69) is 26.2 Å². The third-order valence-electron chi connectivity index (χ3n) is 4.57. The summed E-state index contributed by atoms with van der Waals surface area (Å²) in [6.07, 6.45) is 5.48. The molecule has 0 aromatic carbocycles. The van der Waals surface area contributed by atoms with Crippen LogP contribution in [0.4, 0.5) is 0 Å². The number of halogens is 1. The molecular weight excluding hydrogens is 378 g/mol. The quantitative estimate of drug-likeness (QED) is 0.769. The third-order valence-corrected chi connectivity index (χ3v) is 5.17. The van der Waals surface area contributed by atoms with Crippen molar-refractivity contribution in [2.24, 2.45) is 14.1 Å². The summed E-state index contributed by atoms with van der Waals surface area (Å²) >= 11 is 3.29. The minimum atomic E-state index is -0.472. The van der Waals surface area contributed by atoms with Crippen molar-refractivity contribution in [1.29, 1.82) is 0 Å². The van der Waals surface area contributed by atoms with Crippen LogP contribution >= 0.6 is 15.9 Å². The number of aromatic nitrogens is 4. The van der Waals surface area contributed by atoms with Gasteiger partial charge in [0, 0.05) is 20.1 Å². The monoisotopic (exact) mass is 397 g/mol. The summed E-state index contributed by atoms with van der Waals surface area (Å²) in [7, 11) is 2.97. The molecule has 1 fully saturated rings. The molecule has 1 aliphatic rings. The van der Waals surface area contributed by atoms with Crippen molar-refractivity contribution in [3.63, 3.8) is 0 Å². The molecule has 0 unspecified atom stereocenters. The second-order valence-corrected chi connectivity index (χ2v) is 6.96. The molecule has 1 aliphatic carbocycles. The first-order valence-corrected chi connectivity index (χ1v) is 8.80. The van der Waals surface area contributed by atoms with E-state index in [1.807, 2.05) is 0 Å². The predicted octanol–water partition coefficient (Wildman–Crippen LogP) is 0.645. The van der Waals surface area contributed by atoms with Gasteiger partial charge in [-0.05, 0) is 28.8 Å². The maximum atomic E-state index is 12.4. The maximum Gasteiger partial charge on any atom is 0.332 e. The van der Waals surface area contributed by atoms with E-state index >= 15 is 0 Å². The van der Waals surface area contributed by atoms with Crippen LogP contribution in [0, 0.1) is 0 Å². The molecule has 3 rings (SSSR count). The van der Waals surface area contributed by atoms with Crippen LogP contribution in [0.1, 0.15) is 32.1 Å². The summed E-state index contributed by atoms with van der Waals surface area (Å²) in [4.78, 5) is 40.9. The van der Waals surface area contributed by atoms with Gasteiger partial charge in [0.1, 0.15) is 6.54 Å². The summed E-state index contributed by atoms with van der Waals surface area (Å²) < 4.78 is 4.25. The number of carbonyl (C=O) groups excluding carboxylic acids is 1. The lowest BCUT2D eigenvalue weighted by Crippen LogP contribution is -2.39. The molecule has 2 heterocycles. The number of rotatable bonds is 3. The molecule has 0 bridgehead atoms. The van der Waals surface area contributed by atoms with Crippen LogP contribution in [0.25, 0.3) is 11.2 Å². The molecule has 1 saturated carbocycles. The Morgan fingerprint density at radius 1 is 1.21 bits per heavy atom. The van der Waals surface area contributed by atoms with Crippen LogP contribution < -0.4 is 16.6 Å². The third kappa shape index (κ3) is 2.92. The van der Waals surface area contributed by atoms with Crippen molar-refractivity contribution in [2.45, 2.75) is 44.7 Å². The fraction of sp³-hybridized carbons (Fsp3) is 0.600. The molecule has 0 radical (unpaired) electrons. The molecule has 2 aromatic rings. The topological polar surface area (TPSA) is 90.9 Å². The Bertz CT molecular complexity index is 904. The number of hydrogen-bond acceptors (Lipinski definition) is 4. The van der Waals surface area contributed by atoms with Crippen LogP contribution in [-0.4, -0.2) is 30.6 Å². The van der Waals surface area contributed by atoms with Crippen molar-refractivity contribution in [3.05, 3.63) is 25.6 Å². The van der Waals surface area contributed by atoms with Crippen LogP contribution in [0.5, 0.6) is 0 Å². The van der Waals surface area contributed by atoms with E-state index in [-0.39, 0.29) is 24.0 Å². The summed E-state index contributed by atoms with van der Waals surface area (Å²) in [5.41, 5.74) is -0.417. The number of imidazole rings is 1. The zero-order valence-electron chi connectivity index (χ0n) is 13.7. The highest BCUT2D eigenvalue weighted by Crippen LogP contribution is 2.19. The Hall–Kier alpha value is -1.90. The molecule has 1 amide bonds. The van der Waals surface area contributed by atoms with Gasteiger partial charge in [0.2, 0.25) is 5.91 Å².